The third-order valence-electron chi connectivity index (χ3n) is 3.50. The van der Waals surface area contributed by atoms with Crippen molar-refractivity contribution in [3.05, 3.63) is 41.8 Å². The first-order valence-electron chi connectivity index (χ1n) is 8.64. The number of hydrogen-bond donors (Lipinski definition) is 1. The highest BCUT2D eigenvalue weighted by Gasteiger charge is 2.07. The number of aryl methyl sites for hydroxylation is 2. The van der Waals surface area contributed by atoms with E-state index in [2.05, 4.69) is 22.4 Å². The van der Waals surface area contributed by atoms with Gasteiger partial charge in [0.1, 0.15) is 11.6 Å². The summed E-state index contributed by atoms with van der Waals surface area (Å²) in [5.74, 6) is 1.64. The van der Waals surface area contributed by atoms with Crippen molar-refractivity contribution in [1.29, 1.82) is 0 Å². The molecule has 136 valence electrons. The number of nitrogens with one attached hydrogen (secondary N) is 1. The average Bonchev–Trinajstić information content (AvgIpc) is 3.04. The van der Waals surface area contributed by atoms with Crippen LogP contribution in [0, 0.1) is 5.82 Å². The van der Waals surface area contributed by atoms with Crippen molar-refractivity contribution >= 4 is 5.91 Å². The third kappa shape index (κ3) is 7.32. The monoisotopic (exact) mass is 349 g/mol. The van der Waals surface area contributed by atoms with Gasteiger partial charge in [-0.05, 0) is 43.5 Å². The zero-order chi connectivity index (χ0) is 17.9. The van der Waals surface area contributed by atoms with Crippen LogP contribution in [-0.2, 0) is 17.6 Å². The SMILES string of the molecule is CCCc1noc(CCCC(=O)NCCCOc2ccc(F)cc2)n1. The number of nitrogens with zero attached hydrogens (tertiary/aromatic N) is 2. The van der Waals surface area contributed by atoms with Crippen LogP contribution in [0.5, 0.6) is 5.75 Å². The molecule has 25 heavy (non-hydrogen) atoms. The topological polar surface area (TPSA) is 77.2 Å². The second-order valence-corrected chi connectivity index (χ2v) is 5.71. The molecule has 0 saturated heterocycles. The second-order valence-electron chi connectivity index (χ2n) is 5.71. The predicted octanol–water partition coefficient (Wildman–Crippen LogP) is 3.07. The Morgan fingerprint density at radius 3 is 2.80 bits per heavy atom. The first kappa shape index (κ1) is 18.9. The summed E-state index contributed by atoms with van der Waals surface area (Å²) < 4.78 is 23.3. The molecule has 0 aliphatic heterocycles. The van der Waals surface area contributed by atoms with Crippen LogP contribution in [0.1, 0.15) is 44.3 Å². The number of halogens is 1. The van der Waals surface area contributed by atoms with Gasteiger partial charge in [0.05, 0.1) is 6.61 Å². The van der Waals surface area contributed by atoms with Gasteiger partial charge in [0.2, 0.25) is 11.8 Å². The van der Waals surface area contributed by atoms with Gasteiger partial charge in [0.25, 0.3) is 0 Å². The van der Waals surface area contributed by atoms with Crippen LogP contribution in [-0.4, -0.2) is 29.2 Å². The molecule has 2 rings (SSSR count). The molecule has 1 N–H and O–H groups in total. The van der Waals surface area contributed by atoms with E-state index in [-0.39, 0.29) is 11.7 Å². The van der Waals surface area contributed by atoms with E-state index in [9.17, 15) is 9.18 Å². The van der Waals surface area contributed by atoms with Crippen LogP contribution in [0.4, 0.5) is 4.39 Å². The van der Waals surface area contributed by atoms with Gasteiger partial charge in [-0.2, -0.15) is 4.98 Å². The van der Waals surface area contributed by atoms with Crippen molar-refractivity contribution in [2.45, 2.75) is 45.4 Å². The minimum atomic E-state index is -0.290. The van der Waals surface area contributed by atoms with Gasteiger partial charge in [-0.3, -0.25) is 4.79 Å². The summed E-state index contributed by atoms with van der Waals surface area (Å²) in [7, 11) is 0. The van der Waals surface area contributed by atoms with Gasteiger partial charge in [-0.1, -0.05) is 12.1 Å². The van der Waals surface area contributed by atoms with E-state index >= 15 is 0 Å². The number of rotatable bonds is 11. The molecule has 0 bridgehead atoms. The van der Waals surface area contributed by atoms with Crippen LogP contribution in [0.25, 0.3) is 0 Å². The van der Waals surface area contributed by atoms with E-state index in [1.54, 1.807) is 12.1 Å². The Morgan fingerprint density at radius 1 is 1.24 bits per heavy atom. The summed E-state index contributed by atoms with van der Waals surface area (Å²) in [6.07, 6.45) is 4.18. The smallest absolute Gasteiger partial charge is 0.226 e. The molecule has 6 nitrogen and oxygen atoms in total. The molecule has 0 fully saturated rings. The van der Waals surface area contributed by atoms with Crippen molar-refractivity contribution in [3.63, 3.8) is 0 Å². The van der Waals surface area contributed by atoms with Crippen LogP contribution < -0.4 is 10.1 Å². The molecule has 0 aliphatic rings. The molecule has 0 saturated carbocycles. The third-order valence-corrected chi connectivity index (χ3v) is 3.50. The first-order valence-corrected chi connectivity index (χ1v) is 8.64. The zero-order valence-corrected chi connectivity index (χ0v) is 14.5. The average molecular weight is 349 g/mol. The Balaban J connectivity index is 1.51. The first-order chi connectivity index (χ1) is 12.2. The lowest BCUT2D eigenvalue weighted by atomic mass is 10.2. The summed E-state index contributed by atoms with van der Waals surface area (Å²) in [6.45, 7) is 3.07. The molecule has 0 unspecified atom stereocenters. The van der Waals surface area contributed by atoms with E-state index in [0.717, 1.165) is 18.7 Å². The van der Waals surface area contributed by atoms with Crippen molar-refractivity contribution in [3.8, 4) is 5.75 Å². The highest BCUT2D eigenvalue weighted by Crippen LogP contribution is 2.11. The Labute approximate surface area is 146 Å². The highest BCUT2D eigenvalue weighted by atomic mass is 19.1. The van der Waals surface area contributed by atoms with Crippen molar-refractivity contribution in [1.82, 2.24) is 15.5 Å². The van der Waals surface area contributed by atoms with Crippen LogP contribution >= 0.6 is 0 Å². The van der Waals surface area contributed by atoms with E-state index in [1.165, 1.54) is 12.1 Å². The van der Waals surface area contributed by atoms with E-state index in [0.29, 0.717) is 50.5 Å². The molecule has 0 spiro atoms. The molecular formula is C18H24FN3O3. The van der Waals surface area contributed by atoms with E-state index in [1.807, 2.05) is 0 Å². The number of ether oxygens (including phenoxy) is 1. The van der Waals surface area contributed by atoms with E-state index < -0.39 is 0 Å². The molecule has 1 aromatic carbocycles. The number of amides is 1. The number of aromatic nitrogens is 2. The molecule has 1 heterocycles. The maximum Gasteiger partial charge on any atom is 0.226 e. The molecular weight excluding hydrogens is 325 g/mol. The molecule has 1 aromatic heterocycles. The quantitative estimate of drug-likeness (QED) is 0.631. The lowest BCUT2D eigenvalue weighted by Gasteiger charge is -2.07. The fourth-order valence-electron chi connectivity index (χ4n) is 2.23. The number of carbonyl (C=O) groups is 1. The maximum absolute atomic E-state index is 12.7. The Hall–Kier alpha value is -2.44. The fraction of sp³-hybridized carbons (Fsp3) is 0.500. The van der Waals surface area contributed by atoms with Gasteiger partial charge in [-0.25, -0.2) is 4.39 Å². The van der Waals surface area contributed by atoms with Crippen molar-refractivity contribution < 1.29 is 18.4 Å². The largest absolute Gasteiger partial charge is 0.494 e. The summed E-state index contributed by atoms with van der Waals surface area (Å²) in [5, 5.41) is 6.73. The van der Waals surface area contributed by atoms with Crippen molar-refractivity contribution in [2.24, 2.45) is 0 Å². The maximum atomic E-state index is 12.7. The van der Waals surface area contributed by atoms with Gasteiger partial charge in [-0.15, -0.1) is 0 Å². The zero-order valence-electron chi connectivity index (χ0n) is 14.5. The van der Waals surface area contributed by atoms with Crippen molar-refractivity contribution in [2.75, 3.05) is 13.2 Å². The molecule has 0 aliphatic carbocycles. The Kier molecular flexibility index (Phi) is 7.88. The van der Waals surface area contributed by atoms with Crippen LogP contribution in [0.3, 0.4) is 0 Å². The van der Waals surface area contributed by atoms with E-state index in [4.69, 9.17) is 9.26 Å². The van der Waals surface area contributed by atoms with Crippen LogP contribution in [0.15, 0.2) is 28.8 Å². The lowest BCUT2D eigenvalue weighted by Crippen LogP contribution is -2.25. The number of benzene rings is 1. The molecule has 0 radical (unpaired) electrons. The second kappa shape index (κ2) is 10.4. The fourth-order valence-corrected chi connectivity index (χ4v) is 2.23. The minimum Gasteiger partial charge on any atom is -0.494 e. The number of carbonyl (C=O) groups excluding carboxylic acids is 1. The van der Waals surface area contributed by atoms with Gasteiger partial charge in [0.15, 0.2) is 5.82 Å². The Bertz CT molecular complexity index is 643. The Morgan fingerprint density at radius 2 is 2.04 bits per heavy atom. The summed E-state index contributed by atoms with van der Waals surface area (Å²) in [6, 6.07) is 5.87. The minimum absolute atomic E-state index is 0.00456. The molecule has 2 aromatic rings. The molecule has 0 atom stereocenters. The summed E-state index contributed by atoms with van der Waals surface area (Å²) in [5.41, 5.74) is 0. The molecule has 1 amide bonds. The molecule has 7 heteroatoms. The lowest BCUT2D eigenvalue weighted by molar-refractivity contribution is -0.121. The standard InChI is InChI=1S/C18H24FN3O3/c1-2-5-16-21-18(25-22-16)7-3-6-17(23)20-12-4-13-24-15-10-8-14(19)9-11-15/h8-11H,2-7,12-13H2,1H3,(H,20,23). The predicted molar refractivity (Wildman–Crippen MR) is 90.8 cm³/mol. The van der Waals surface area contributed by atoms with Crippen LogP contribution in [0.2, 0.25) is 0 Å². The van der Waals surface area contributed by atoms with Gasteiger partial charge < -0.3 is 14.6 Å². The summed E-state index contributed by atoms with van der Waals surface area (Å²) >= 11 is 0. The van der Waals surface area contributed by atoms with Gasteiger partial charge >= 0.3 is 0 Å². The normalized spacial score (nSPS) is 10.6. The number of hydrogen-bond acceptors (Lipinski definition) is 5. The highest BCUT2D eigenvalue weighted by molar-refractivity contribution is 5.75. The van der Waals surface area contributed by atoms with Gasteiger partial charge in [0, 0.05) is 25.8 Å². The summed E-state index contributed by atoms with van der Waals surface area (Å²) in [4.78, 5) is 16.0.